The van der Waals surface area contributed by atoms with E-state index in [0.717, 1.165) is 6.07 Å². The topological polar surface area (TPSA) is 110 Å². The standard InChI is InChI=1S/C13H17NO6S/c1-3-5-11(12(15)16)14-21(18,19)10-7-4-6-9(8-10)13(17)20-2/h4,6-8,11,14H,3,5H2,1-2H3,(H,15,16)/t11-/m1/s1. The molecule has 0 saturated carbocycles. The van der Waals surface area contributed by atoms with E-state index in [1.165, 1.54) is 25.3 Å². The highest BCUT2D eigenvalue weighted by Crippen LogP contribution is 2.14. The molecule has 0 saturated heterocycles. The predicted octanol–water partition coefficient (Wildman–Crippen LogP) is 1.00. The van der Waals surface area contributed by atoms with Crippen molar-refractivity contribution in [3.63, 3.8) is 0 Å². The fourth-order valence-electron chi connectivity index (χ4n) is 1.68. The van der Waals surface area contributed by atoms with E-state index in [1.54, 1.807) is 6.92 Å². The van der Waals surface area contributed by atoms with Crippen molar-refractivity contribution in [2.45, 2.75) is 30.7 Å². The van der Waals surface area contributed by atoms with Gasteiger partial charge in [0.2, 0.25) is 10.0 Å². The summed E-state index contributed by atoms with van der Waals surface area (Å²) in [7, 11) is -2.85. The Kier molecular flexibility index (Phi) is 5.86. The summed E-state index contributed by atoms with van der Waals surface area (Å²) in [5.41, 5.74) is 0.0720. The fourth-order valence-corrected chi connectivity index (χ4v) is 2.95. The predicted molar refractivity (Wildman–Crippen MR) is 74.4 cm³/mol. The lowest BCUT2D eigenvalue weighted by atomic mass is 10.2. The van der Waals surface area contributed by atoms with Crippen LogP contribution < -0.4 is 4.72 Å². The lowest BCUT2D eigenvalue weighted by Gasteiger charge is -2.14. The molecule has 0 bridgehead atoms. The normalized spacial score (nSPS) is 12.7. The summed E-state index contributed by atoms with van der Waals surface area (Å²) in [4.78, 5) is 22.2. The number of carbonyl (C=O) groups excluding carboxylic acids is 1. The highest BCUT2D eigenvalue weighted by molar-refractivity contribution is 7.89. The van der Waals surface area contributed by atoms with Crippen LogP contribution in [0.2, 0.25) is 0 Å². The molecule has 0 amide bonds. The zero-order valence-corrected chi connectivity index (χ0v) is 12.5. The van der Waals surface area contributed by atoms with Gasteiger partial charge in [0.15, 0.2) is 0 Å². The Bertz CT molecular complexity index is 625. The second-order valence-electron chi connectivity index (χ2n) is 4.32. The van der Waals surface area contributed by atoms with E-state index in [9.17, 15) is 18.0 Å². The molecule has 1 atom stereocenters. The number of hydrogen-bond donors (Lipinski definition) is 2. The number of aliphatic carboxylic acids is 1. The molecule has 0 radical (unpaired) electrons. The molecule has 116 valence electrons. The molecule has 1 aromatic carbocycles. The van der Waals surface area contributed by atoms with E-state index in [2.05, 4.69) is 9.46 Å². The number of esters is 1. The van der Waals surface area contributed by atoms with E-state index in [1.807, 2.05) is 0 Å². The van der Waals surface area contributed by atoms with Gasteiger partial charge in [-0.25, -0.2) is 13.2 Å². The summed E-state index contributed by atoms with van der Waals surface area (Å²) in [6.45, 7) is 1.75. The number of rotatable bonds is 7. The van der Waals surface area contributed by atoms with Gasteiger partial charge < -0.3 is 9.84 Å². The van der Waals surface area contributed by atoms with Crippen LogP contribution in [0, 0.1) is 0 Å². The van der Waals surface area contributed by atoms with E-state index < -0.39 is 28.0 Å². The monoisotopic (exact) mass is 315 g/mol. The maximum atomic E-state index is 12.2. The molecule has 21 heavy (non-hydrogen) atoms. The third kappa shape index (κ3) is 4.54. The molecule has 8 heteroatoms. The first-order chi connectivity index (χ1) is 9.81. The SMILES string of the molecule is CCC[C@@H](NS(=O)(=O)c1cccc(C(=O)OC)c1)C(=O)O. The first-order valence-corrected chi connectivity index (χ1v) is 7.73. The Hall–Kier alpha value is -1.93. The Morgan fingerprint density at radius 2 is 2.05 bits per heavy atom. The van der Waals surface area contributed by atoms with Crippen LogP contribution in [0.1, 0.15) is 30.1 Å². The van der Waals surface area contributed by atoms with Gasteiger partial charge in [-0.2, -0.15) is 4.72 Å². The van der Waals surface area contributed by atoms with Gasteiger partial charge in [-0.1, -0.05) is 19.4 Å². The first kappa shape index (κ1) is 17.1. The van der Waals surface area contributed by atoms with Crippen molar-refractivity contribution in [1.29, 1.82) is 0 Å². The minimum atomic E-state index is -4.03. The van der Waals surface area contributed by atoms with Crippen molar-refractivity contribution < 1.29 is 27.9 Å². The average Bonchev–Trinajstić information content (AvgIpc) is 2.45. The van der Waals surface area contributed by atoms with Crippen molar-refractivity contribution in [3.8, 4) is 0 Å². The maximum absolute atomic E-state index is 12.2. The summed E-state index contributed by atoms with van der Waals surface area (Å²) < 4.78 is 30.9. The Balaban J connectivity index is 3.07. The average molecular weight is 315 g/mol. The van der Waals surface area contributed by atoms with Crippen molar-refractivity contribution in [3.05, 3.63) is 29.8 Å². The number of hydrogen-bond acceptors (Lipinski definition) is 5. The lowest BCUT2D eigenvalue weighted by Crippen LogP contribution is -2.40. The summed E-state index contributed by atoms with van der Waals surface area (Å²) in [5, 5.41) is 8.99. The zero-order chi connectivity index (χ0) is 16.0. The molecule has 7 nitrogen and oxygen atoms in total. The summed E-state index contributed by atoms with van der Waals surface area (Å²) in [6, 6.07) is 4.00. The first-order valence-electron chi connectivity index (χ1n) is 6.25. The second-order valence-corrected chi connectivity index (χ2v) is 6.03. The third-order valence-corrected chi connectivity index (χ3v) is 4.21. The molecular formula is C13H17NO6S. The van der Waals surface area contributed by atoms with Crippen LogP contribution in [0.5, 0.6) is 0 Å². The molecule has 0 aliphatic heterocycles. The molecule has 0 heterocycles. The van der Waals surface area contributed by atoms with Crippen molar-refractivity contribution in [2.75, 3.05) is 7.11 Å². The third-order valence-electron chi connectivity index (χ3n) is 2.74. The second kappa shape index (κ2) is 7.19. The fraction of sp³-hybridized carbons (Fsp3) is 0.385. The number of nitrogens with one attached hydrogen (secondary N) is 1. The number of methoxy groups -OCH3 is 1. The molecule has 0 aromatic heterocycles. The number of ether oxygens (including phenoxy) is 1. The van der Waals surface area contributed by atoms with Gasteiger partial charge >= 0.3 is 11.9 Å². The molecule has 0 aliphatic carbocycles. The Labute approximate surface area is 123 Å². The number of sulfonamides is 1. The van der Waals surface area contributed by atoms with Gasteiger partial charge in [0.25, 0.3) is 0 Å². The molecule has 0 fully saturated rings. The zero-order valence-electron chi connectivity index (χ0n) is 11.7. The van der Waals surface area contributed by atoms with Gasteiger partial charge in [0.05, 0.1) is 17.6 Å². The Morgan fingerprint density at radius 3 is 2.57 bits per heavy atom. The molecule has 0 aliphatic rings. The molecule has 1 rings (SSSR count). The molecular weight excluding hydrogens is 298 g/mol. The van der Waals surface area contributed by atoms with Gasteiger partial charge in [0.1, 0.15) is 6.04 Å². The molecule has 2 N–H and O–H groups in total. The number of benzene rings is 1. The van der Waals surface area contributed by atoms with E-state index in [4.69, 9.17) is 5.11 Å². The minimum absolute atomic E-state index is 0.0720. The van der Waals surface area contributed by atoms with Crippen LogP contribution in [0.4, 0.5) is 0 Å². The maximum Gasteiger partial charge on any atom is 0.337 e. The van der Waals surface area contributed by atoms with Crippen LogP contribution in [-0.4, -0.2) is 38.6 Å². The molecule has 0 unspecified atom stereocenters. The Morgan fingerprint density at radius 1 is 1.38 bits per heavy atom. The smallest absolute Gasteiger partial charge is 0.337 e. The number of carboxylic acids is 1. The minimum Gasteiger partial charge on any atom is -0.480 e. The highest BCUT2D eigenvalue weighted by atomic mass is 32.2. The van der Waals surface area contributed by atoms with Crippen molar-refractivity contribution >= 4 is 22.0 Å². The van der Waals surface area contributed by atoms with Gasteiger partial charge in [-0.05, 0) is 24.6 Å². The number of carboxylic acid groups (broad SMARTS) is 1. The quantitative estimate of drug-likeness (QED) is 0.727. The highest BCUT2D eigenvalue weighted by Gasteiger charge is 2.25. The lowest BCUT2D eigenvalue weighted by molar-refractivity contribution is -0.139. The largest absolute Gasteiger partial charge is 0.480 e. The van der Waals surface area contributed by atoms with Crippen LogP contribution in [0.25, 0.3) is 0 Å². The van der Waals surface area contributed by atoms with Crippen LogP contribution in [-0.2, 0) is 19.6 Å². The summed E-state index contributed by atoms with van der Waals surface area (Å²) in [5.74, 6) is -1.92. The van der Waals surface area contributed by atoms with Crippen LogP contribution >= 0.6 is 0 Å². The van der Waals surface area contributed by atoms with E-state index in [-0.39, 0.29) is 16.9 Å². The summed E-state index contributed by atoms with van der Waals surface area (Å²) in [6.07, 6.45) is 0.687. The van der Waals surface area contributed by atoms with Crippen LogP contribution in [0.3, 0.4) is 0 Å². The van der Waals surface area contributed by atoms with Gasteiger partial charge in [0, 0.05) is 0 Å². The van der Waals surface area contributed by atoms with Crippen LogP contribution in [0.15, 0.2) is 29.2 Å². The molecule has 0 spiro atoms. The van der Waals surface area contributed by atoms with Crippen molar-refractivity contribution in [1.82, 2.24) is 4.72 Å². The van der Waals surface area contributed by atoms with Gasteiger partial charge in [-0.15, -0.1) is 0 Å². The molecule has 1 aromatic rings. The van der Waals surface area contributed by atoms with Gasteiger partial charge in [-0.3, -0.25) is 4.79 Å². The van der Waals surface area contributed by atoms with E-state index in [0.29, 0.717) is 6.42 Å². The van der Waals surface area contributed by atoms with E-state index >= 15 is 0 Å². The summed E-state index contributed by atoms with van der Waals surface area (Å²) >= 11 is 0. The number of carbonyl (C=O) groups is 2. The van der Waals surface area contributed by atoms with Crippen molar-refractivity contribution in [2.24, 2.45) is 0 Å².